The third kappa shape index (κ3) is 5.11. The predicted molar refractivity (Wildman–Crippen MR) is 106 cm³/mol. The van der Waals surface area contributed by atoms with E-state index in [1.165, 1.54) is 0 Å². The minimum absolute atomic E-state index is 0.00612. The van der Waals surface area contributed by atoms with Crippen molar-refractivity contribution >= 4 is 12.0 Å². The number of nitriles is 1. The van der Waals surface area contributed by atoms with E-state index in [1.54, 1.807) is 37.5 Å². The van der Waals surface area contributed by atoms with E-state index in [-0.39, 0.29) is 22.6 Å². The summed E-state index contributed by atoms with van der Waals surface area (Å²) in [5, 5.41) is 9.35. The van der Waals surface area contributed by atoms with Crippen LogP contribution in [0, 0.1) is 17.2 Å². The van der Waals surface area contributed by atoms with Gasteiger partial charge in [-0.1, -0.05) is 12.1 Å². The van der Waals surface area contributed by atoms with E-state index >= 15 is 0 Å². The highest BCUT2D eigenvalue weighted by Crippen LogP contribution is 2.40. The van der Waals surface area contributed by atoms with Crippen LogP contribution in [0.25, 0.3) is 6.08 Å². The van der Waals surface area contributed by atoms with E-state index in [0.29, 0.717) is 6.61 Å². The zero-order valence-corrected chi connectivity index (χ0v) is 17.2. The molecule has 5 heteroatoms. The molecular weight excluding hydrogens is 340 g/mol. The van der Waals surface area contributed by atoms with Crippen molar-refractivity contribution in [3.8, 4) is 11.8 Å². The molecule has 1 aromatic rings. The number of methoxy groups -OCH3 is 1. The maximum atomic E-state index is 12.4. The Morgan fingerprint density at radius 3 is 2.26 bits per heavy atom. The molecule has 0 radical (unpaired) electrons. The van der Waals surface area contributed by atoms with Crippen LogP contribution in [0.5, 0.6) is 5.75 Å². The SMILES string of the molecule is COc1ccc(/C=C(\C#N)C(=O)OCC2CC(C)(C)N(C)C(C)(C)C2)cc1. The van der Waals surface area contributed by atoms with Gasteiger partial charge < -0.3 is 9.47 Å². The second-order valence-electron chi connectivity index (χ2n) is 8.50. The summed E-state index contributed by atoms with van der Waals surface area (Å²) >= 11 is 0. The van der Waals surface area contributed by atoms with Crippen LogP contribution in [0.1, 0.15) is 46.1 Å². The van der Waals surface area contributed by atoms with Crippen molar-refractivity contribution < 1.29 is 14.3 Å². The molecule has 146 valence electrons. The number of carbonyl (C=O) groups excluding carboxylic acids is 1. The summed E-state index contributed by atoms with van der Waals surface area (Å²) in [5.41, 5.74) is 0.837. The summed E-state index contributed by atoms with van der Waals surface area (Å²) in [5.74, 6) is 0.430. The van der Waals surface area contributed by atoms with Crippen molar-refractivity contribution in [1.29, 1.82) is 5.26 Å². The quantitative estimate of drug-likeness (QED) is 0.445. The lowest BCUT2D eigenvalue weighted by atomic mass is 9.74. The standard InChI is InChI=1S/C22H30N2O3/c1-21(2)12-17(13-22(3,4)24(21)5)15-27-20(25)18(14-23)11-16-7-9-19(26-6)10-8-16/h7-11,17H,12-13,15H2,1-6H3/b18-11+. The van der Waals surface area contributed by atoms with Gasteiger partial charge in [-0.2, -0.15) is 5.26 Å². The number of piperidine rings is 1. The van der Waals surface area contributed by atoms with Gasteiger partial charge in [-0.25, -0.2) is 4.79 Å². The van der Waals surface area contributed by atoms with Gasteiger partial charge >= 0.3 is 5.97 Å². The van der Waals surface area contributed by atoms with Crippen molar-refractivity contribution in [3.05, 3.63) is 35.4 Å². The van der Waals surface area contributed by atoms with E-state index in [4.69, 9.17) is 9.47 Å². The lowest BCUT2D eigenvalue weighted by Gasteiger charge is -2.53. The summed E-state index contributed by atoms with van der Waals surface area (Å²) in [6.45, 7) is 9.20. The topological polar surface area (TPSA) is 62.6 Å². The summed E-state index contributed by atoms with van der Waals surface area (Å²) in [6, 6.07) is 9.12. The van der Waals surface area contributed by atoms with Crippen LogP contribution in [-0.4, -0.2) is 42.7 Å². The van der Waals surface area contributed by atoms with Gasteiger partial charge in [-0.15, -0.1) is 0 Å². The Bertz CT molecular complexity index is 724. The largest absolute Gasteiger partial charge is 0.497 e. The van der Waals surface area contributed by atoms with Crippen molar-refractivity contribution in [2.75, 3.05) is 20.8 Å². The molecule has 27 heavy (non-hydrogen) atoms. The van der Waals surface area contributed by atoms with Gasteiger partial charge in [-0.3, -0.25) is 4.90 Å². The summed E-state index contributed by atoms with van der Waals surface area (Å²) < 4.78 is 10.6. The number of likely N-dealkylation sites (tertiary alicyclic amines) is 1. The minimum atomic E-state index is -0.567. The second-order valence-corrected chi connectivity index (χ2v) is 8.50. The molecule has 0 saturated carbocycles. The first-order valence-electron chi connectivity index (χ1n) is 9.26. The highest BCUT2D eigenvalue weighted by Gasteiger charge is 2.43. The number of nitrogens with zero attached hydrogens (tertiary/aromatic N) is 2. The molecule has 0 bridgehead atoms. The average Bonchev–Trinajstić information content (AvgIpc) is 2.62. The first-order valence-corrected chi connectivity index (χ1v) is 9.26. The van der Waals surface area contributed by atoms with Crippen LogP contribution < -0.4 is 4.74 Å². The zero-order valence-electron chi connectivity index (χ0n) is 17.2. The molecule has 1 aliphatic heterocycles. The highest BCUT2D eigenvalue weighted by molar-refractivity contribution is 5.97. The number of esters is 1. The van der Waals surface area contributed by atoms with Crippen LogP contribution in [-0.2, 0) is 9.53 Å². The normalized spacial score (nSPS) is 20.0. The Morgan fingerprint density at radius 2 is 1.78 bits per heavy atom. The molecule has 2 rings (SSSR count). The third-order valence-electron chi connectivity index (χ3n) is 5.61. The average molecular weight is 370 g/mol. The zero-order chi connectivity index (χ0) is 20.2. The molecule has 0 spiro atoms. The fraction of sp³-hybridized carbons (Fsp3) is 0.545. The number of rotatable bonds is 5. The highest BCUT2D eigenvalue weighted by atomic mass is 16.5. The maximum Gasteiger partial charge on any atom is 0.348 e. The van der Waals surface area contributed by atoms with Crippen LogP contribution in [0.15, 0.2) is 29.8 Å². The smallest absolute Gasteiger partial charge is 0.348 e. The molecule has 0 atom stereocenters. The predicted octanol–water partition coefficient (Wildman–Crippen LogP) is 4.04. The fourth-order valence-corrected chi connectivity index (χ4v) is 3.97. The Hall–Kier alpha value is -2.32. The van der Waals surface area contributed by atoms with Crippen LogP contribution >= 0.6 is 0 Å². The lowest BCUT2D eigenvalue weighted by molar-refractivity contribution is -0.142. The molecule has 0 N–H and O–H groups in total. The van der Waals surface area contributed by atoms with Crippen molar-refractivity contribution in [2.24, 2.45) is 5.92 Å². The molecule has 0 aromatic heterocycles. The fourth-order valence-electron chi connectivity index (χ4n) is 3.97. The first-order chi connectivity index (χ1) is 12.6. The van der Waals surface area contributed by atoms with Crippen LogP contribution in [0.3, 0.4) is 0 Å². The van der Waals surface area contributed by atoms with Crippen LogP contribution in [0.2, 0.25) is 0 Å². The Morgan fingerprint density at radius 1 is 1.22 bits per heavy atom. The van der Waals surface area contributed by atoms with E-state index < -0.39 is 5.97 Å². The van der Waals surface area contributed by atoms with Crippen molar-refractivity contribution in [3.63, 3.8) is 0 Å². The van der Waals surface area contributed by atoms with E-state index in [2.05, 4.69) is 39.6 Å². The van der Waals surface area contributed by atoms with E-state index in [1.807, 2.05) is 6.07 Å². The molecule has 1 heterocycles. The Labute approximate surface area is 162 Å². The molecule has 0 aliphatic carbocycles. The molecular formula is C22H30N2O3. The number of hydrogen-bond acceptors (Lipinski definition) is 5. The molecule has 5 nitrogen and oxygen atoms in total. The molecule has 1 aromatic carbocycles. The molecule has 1 fully saturated rings. The van der Waals surface area contributed by atoms with Gasteiger partial charge in [0.2, 0.25) is 0 Å². The molecule has 0 amide bonds. The van der Waals surface area contributed by atoms with Crippen molar-refractivity contribution in [1.82, 2.24) is 4.90 Å². The van der Waals surface area contributed by atoms with Crippen LogP contribution in [0.4, 0.5) is 0 Å². The van der Waals surface area contributed by atoms with Gasteiger partial charge in [0.1, 0.15) is 17.4 Å². The Kier molecular flexibility index (Phi) is 6.33. The number of hydrogen-bond donors (Lipinski definition) is 0. The van der Waals surface area contributed by atoms with E-state index in [9.17, 15) is 10.1 Å². The maximum absolute atomic E-state index is 12.4. The molecule has 0 unspecified atom stereocenters. The van der Waals surface area contributed by atoms with Gasteiger partial charge in [-0.05, 0) is 77.3 Å². The van der Waals surface area contributed by atoms with Gasteiger partial charge in [0.25, 0.3) is 0 Å². The van der Waals surface area contributed by atoms with Gasteiger partial charge in [0, 0.05) is 11.1 Å². The Balaban J connectivity index is 2.02. The number of carbonyl (C=O) groups is 1. The number of ether oxygens (including phenoxy) is 2. The molecule has 1 saturated heterocycles. The first kappa shape index (κ1) is 21.0. The lowest BCUT2D eigenvalue weighted by Crippen LogP contribution is -2.59. The van der Waals surface area contributed by atoms with E-state index in [0.717, 1.165) is 24.2 Å². The summed E-state index contributed by atoms with van der Waals surface area (Å²) in [6.07, 6.45) is 3.44. The van der Waals surface area contributed by atoms with Crippen molar-refractivity contribution in [2.45, 2.75) is 51.6 Å². The van der Waals surface area contributed by atoms with Gasteiger partial charge in [0.15, 0.2) is 0 Å². The number of benzene rings is 1. The second kappa shape index (κ2) is 8.14. The minimum Gasteiger partial charge on any atom is -0.497 e. The summed E-state index contributed by atoms with van der Waals surface area (Å²) in [4.78, 5) is 14.8. The molecule has 1 aliphatic rings. The monoisotopic (exact) mass is 370 g/mol. The summed E-state index contributed by atoms with van der Waals surface area (Å²) in [7, 11) is 3.74. The van der Waals surface area contributed by atoms with Gasteiger partial charge in [0.05, 0.1) is 13.7 Å². The third-order valence-corrected chi connectivity index (χ3v) is 5.61.